The van der Waals surface area contributed by atoms with Crippen LogP contribution in [0, 0.1) is 11.2 Å². The second kappa shape index (κ2) is 17.3. The van der Waals surface area contributed by atoms with Crippen molar-refractivity contribution in [2.24, 2.45) is 5.41 Å². The Kier molecular flexibility index (Phi) is 12.6. The van der Waals surface area contributed by atoms with E-state index in [1.807, 2.05) is 76.2 Å². The molecule has 0 heterocycles. The van der Waals surface area contributed by atoms with Crippen LogP contribution in [0.1, 0.15) is 55.6 Å². The summed E-state index contributed by atoms with van der Waals surface area (Å²) >= 11 is 6.49. The van der Waals surface area contributed by atoms with Crippen LogP contribution in [0.3, 0.4) is 0 Å². The molecule has 4 N–H and O–H groups in total. The predicted molar refractivity (Wildman–Crippen MR) is 211 cm³/mol. The Labute approximate surface area is 320 Å². The average Bonchev–Trinajstić information content (AvgIpc) is 3.14. The van der Waals surface area contributed by atoms with Gasteiger partial charge in [-0.15, -0.1) is 0 Å². The number of hydrogen-bond donors (Lipinski definition) is 4. The SMILES string of the molecule is CC(C)(C)C(C)(NC(=O)O)c1cccc(Oc2cc(Cl)ccc2N(CCCNC(=O)NCc2ccccc2F)C(=O)c2ccc(-c3ccccc3)cc2)c1. The summed E-state index contributed by atoms with van der Waals surface area (Å²) in [6.07, 6.45) is -0.789. The first kappa shape index (κ1) is 39.3. The van der Waals surface area contributed by atoms with Gasteiger partial charge in [0.15, 0.2) is 5.75 Å². The van der Waals surface area contributed by atoms with Gasteiger partial charge in [-0.2, -0.15) is 0 Å². The summed E-state index contributed by atoms with van der Waals surface area (Å²) < 4.78 is 20.5. The maximum atomic E-state index is 14.3. The molecule has 11 heteroatoms. The lowest BCUT2D eigenvalue weighted by molar-refractivity contribution is 0.0986. The zero-order valence-electron chi connectivity index (χ0n) is 30.7. The van der Waals surface area contributed by atoms with E-state index in [0.29, 0.717) is 45.3 Å². The molecule has 9 nitrogen and oxygen atoms in total. The fourth-order valence-corrected chi connectivity index (χ4v) is 6.10. The summed E-state index contributed by atoms with van der Waals surface area (Å²) in [7, 11) is 0. The minimum absolute atomic E-state index is 0.0239. The number of carbonyl (C=O) groups is 3. The van der Waals surface area contributed by atoms with Crippen LogP contribution in [0.4, 0.5) is 19.7 Å². The highest BCUT2D eigenvalue weighted by Gasteiger charge is 2.41. The van der Waals surface area contributed by atoms with Crippen LogP contribution >= 0.6 is 11.6 Å². The molecular formula is C43H44ClFN4O5. The molecule has 280 valence electrons. The fourth-order valence-electron chi connectivity index (χ4n) is 5.94. The lowest BCUT2D eigenvalue weighted by Gasteiger charge is -2.42. The minimum atomic E-state index is -1.15. The van der Waals surface area contributed by atoms with Crippen molar-refractivity contribution in [3.8, 4) is 22.6 Å². The van der Waals surface area contributed by atoms with Crippen LogP contribution in [-0.2, 0) is 12.1 Å². The Morgan fingerprint density at radius 2 is 1.48 bits per heavy atom. The highest BCUT2D eigenvalue weighted by molar-refractivity contribution is 6.30. The molecule has 0 aliphatic rings. The van der Waals surface area contributed by atoms with E-state index in [9.17, 15) is 23.9 Å². The number of urea groups is 1. The maximum Gasteiger partial charge on any atom is 0.405 e. The normalized spacial score (nSPS) is 12.3. The van der Waals surface area contributed by atoms with E-state index in [-0.39, 0.29) is 25.5 Å². The van der Waals surface area contributed by atoms with Crippen LogP contribution in [-0.4, -0.2) is 36.2 Å². The third-order valence-corrected chi connectivity index (χ3v) is 9.67. The summed E-state index contributed by atoms with van der Waals surface area (Å²) in [6.45, 7) is 8.09. The molecule has 1 unspecified atom stereocenters. The summed E-state index contributed by atoms with van der Waals surface area (Å²) in [6, 6.07) is 35.0. The summed E-state index contributed by atoms with van der Waals surface area (Å²) in [5.74, 6) is 0.00163. The predicted octanol–water partition coefficient (Wildman–Crippen LogP) is 10.0. The van der Waals surface area contributed by atoms with Crippen LogP contribution in [0.5, 0.6) is 11.5 Å². The molecule has 0 saturated heterocycles. The number of nitrogens with one attached hydrogen (secondary N) is 3. The largest absolute Gasteiger partial charge is 0.465 e. The number of nitrogens with zero attached hydrogens (tertiary/aromatic N) is 1. The Hall–Kier alpha value is -5.87. The van der Waals surface area contributed by atoms with Crippen molar-refractivity contribution in [1.29, 1.82) is 0 Å². The zero-order valence-corrected chi connectivity index (χ0v) is 31.4. The molecular weight excluding hydrogens is 707 g/mol. The van der Waals surface area contributed by atoms with Crippen LogP contribution in [0.25, 0.3) is 11.1 Å². The van der Waals surface area contributed by atoms with Gasteiger partial charge in [0.25, 0.3) is 5.91 Å². The van der Waals surface area contributed by atoms with Gasteiger partial charge in [-0.1, -0.05) is 105 Å². The van der Waals surface area contributed by atoms with Crippen molar-refractivity contribution in [3.05, 3.63) is 149 Å². The topological polar surface area (TPSA) is 120 Å². The second-order valence-electron chi connectivity index (χ2n) is 14.0. The molecule has 0 aliphatic heterocycles. The van der Waals surface area contributed by atoms with Crippen molar-refractivity contribution in [3.63, 3.8) is 0 Å². The van der Waals surface area contributed by atoms with Crippen molar-refractivity contribution < 1.29 is 28.6 Å². The van der Waals surface area contributed by atoms with Gasteiger partial charge in [0, 0.05) is 41.9 Å². The molecule has 0 fully saturated rings. The molecule has 54 heavy (non-hydrogen) atoms. The van der Waals surface area contributed by atoms with Crippen LogP contribution in [0.2, 0.25) is 5.02 Å². The third-order valence-electron chi connectivity index (χ3n) is 9.43. The van der Waals surface area contributed by atoms with E-state index in [1.54, 1.807) is 71.6 Å². The molecule has 5 aromatic rings. The Morgan fingerprint density at radius 3 is 2.17 bits per heavy atom. The number of carboxylic acid groups (broad SMARTS) is 1. The standard InChI is InChI=1S/C43H44ClFN4O5/c1-42(2,3)43(4,48-41(52)53)33-15-10-16-35(26-33)54-38-27-34(44)22-23-37(38)49(25-11-24-46-40(51)47-28-32-14-8-9-17-36(32)45)39(50)31-20-18-30(19-21-31)29-12-6-5-7-13-29/h5-10,12-23,26-27,48H,11,24-25,28H2,1-4H3,(H,52,53)(H2,46,47,51). The number of hydrogen-bond acceptors (Lipinski definition) is 4. The molecule has 0 saturated carbocycles. The number of ether oxygens (including phenoxy) is 1. The molecule has 5 rings (SSSR count). The van der Waals surface area contributed by atoms with Crippen molar-refractivity contribution in [2.45, 2.75) is 46.2 Å². The molecule has 1 atom stereocenters. The van der Waals surface area contributed by atoms with Gasteiger partial charge < -0.3 is 30.7 Å². The van der Waals surface area contributed by atoms with Gasteiger partial charge in [-0.25, -0.2) is 14.0 Å². The van der Waals surface area contributed by atoms with Gasteiger partial charge in [0.1, 0.15) is 11.6 Å². The highest BCUT2D eigenvalue weighted by atomic mass is 35.5. The first-order valence-electron chi connectivity index (χ1n) is 17.6. The molecule has 5 aromatic carbocycles. The third kappa shape index (κ3) is 9.76. The van der Waals surface area contributed by atoms with Gasteiger partial charge in [-0.05, 0) is 77.9 Å². The van der Waals surface area contributed by atoms with Gasteiger partial charge >= 0.3 is 12.1 Å². The van der Waals surface area contributed by atoms with Crippen molar-refractivity contribution in [1.82, 2.24) is 16.0 Å². The maximum absolute atomic E-state index is 14.3. The van der Waals surface area contributed by atoms with E-state index >= 15 is 0 Å². The number of benzene rings is 5. The first-order chi connectivity index (χ1) is 25.7. The second-order valence-corrected chi connectivity index (χ2v) is 14.4. The molecule has 0 aromatic heterocycles. The van der Waals surface area contributed by atoms with E-state index < -0.39 is 28.9 Å². The number of halogens is 2. The average molecular weight is 751 g/mol. The Balaban J connectivity index is 1.41. The molecule has 0 aliphatic carbocycles. The van der Waals surface area contributed by atoms with E-state index in [1.165, 1.54) is 6.07 Å². The first-order valence-corrected chi connectivity index (χ1v) is 17.9. The fraction of sp³-hybridized carbons (Fsp3) is 0.233. The molecule has 0 spiro atoms. The monoisotopic (exact) mass is 750 g/mol. The number of carbonyl (C=O) groups excluding carboxylic acids is 2. The smallest absolute Gasteiger partial charge is 0.405 e. The van der Waals surface area contributed by atoms with Crippen molar-refractivity contribution >= 4 is 35.3 Å². The zero-order chi connectivity index (χ0) is 38.9. The molecule has 0 radical (unpaired) electrons. The van der Waals surface area contributed by atoms with Gasteiger partial charge in [-0.3, -0.25) is 4.79 Å². The summed E-state index contributed by atoms with van der Waals surface area (Å²) in [5.41, 5.74) is 2.42. The molecule has 4 amide bonds. The molecule has 0 bridgehead atoms. The quantitative estimate of drug-likeness (QED) is 0.0894. The lowest BCUT2D eigenvalue weighted by Crippen LogP contribution is -2.51. The van der Waals surface area contributed by atoms with Crippen LogP contribution in [0.15, 0.2) is 121 Å². The van der Waals surface area contributed by atoms with Crippen LogP contribution < -0.4 is 25.6 Å². The van der Waals surface area contributed by atoms with Gasteiger partial charge in [0.2, 0.25) is 0 Å². The Bertz CT molecular complexity index is 2090. The van der Waals surface area contributed by atoms with Gasteiger partial charge in [0.05, 0.1) is 11.2 Å². The minimum Gasteiger partial charge on any atom is -0.465 e. The van der Waals surface area contributed by atoms with E-state index in [0.717, 1.165) is 11.1 Å². The van der Waals surface area contributed by atoms with Crippen molar-refractivity contribution in [2.75, 3.05) is 18.0 Å². The number of amides is 4. The van der Waals surface area contributed by atoms with E-state index in [4.69, 9.17) is 16.3 Å². The lowest BCUT2D eigenvalue weighted by atomic mass is 9.70. The Morgan fingerprint density at radius 1 is 0.796 bits per heavy atom. The summed E-state index contributed by atoms with van der Waals surface area (Å²) in [4.78, 5) is 40.3. The summed E-state index contributed by atoms with van der Waals surface area (Å²) in [5, 5.41) is 18.2. The number of rotatable bonds is 13. The van der Waals surface area contributed by atoms with E-state index in [2.05, 4.69) is 16.0 Å². The highest BCUT2D eigenvalue weighted by Crippen LogP contribution is 2.42. The number of anilines is 1.